The van der Waals surface area contributed by atoms with Crippen LogP contribution in [-0.4, -0.2) is 17.5 Å². The number of alkyl halides is 2. The van der Waals surface area contributed by atoms with Crippen LogP contribution >= 0.6 is 11.6 Å². The molecule has 0 aliphatic heterocycles. The third-order valence-corrected chi connectivity index (χ3v) is 2.53. The molecular formula is C13H9ClF2N2O2. The lowest BCUT2D eigenvalue weighted by atomic mass is 10.2. The van der Waals surface area contributed by atoms with E-state index in [2.05, 4.69) is 15.0 Å². The first-order valence-electron chi connectivity index (χ1n) is 5.52. The number of halogens is 3. The molecule has 1 N–H and O–H groups in total. The van der Waals surface area contributed by atoms with Crippen LogP contribution in [0.1, 0.15) is 10.4 Å². The first-order chi connectivity index (χ1) is 9.54. The fourth-order valence-corrected chi connectivity index (χ4v) is 1.65. The molecule has 1 aromatic heterocycles. The lowest BCUT2D eigenvalue weighted by Crippen LogP contribution is -2.12. The van der Waals surface area contributed by atoms with Gasteiger partial charge in [-0.2, -0.15) is 8.78 Å². The van der Waals surface area contributed by atoms with Gasteiger partial charge < -0.3 is 10.1 Å². The maximum Gasteiger partial charge on any atom is 0.387 e. The van der Waals surface area contributed by atoms with Gasteiger partial charge in [-0.1, -0.05) is 11.6 Å². The molecule has 1 aromatic carbocycles. The van der Waals surface area contributed by atoms with Gasteiger partial charge in [0, 0.05) is 17.4 Å². The summed E-state index contributed by atoms with van der Waals surface area (Å²) >= 11 is 5.69. The van der Waals surface area contributed by atoms with Gasteiger partial charge in [-0.3, -0.25) is 4.79 Å². The van der Waals surface area contributed by atoms with Crippen LogP contribution in [0.15, 0.2) is 42.6 Å². The zero-order valence-corrected chi connectivity index (χ0v) is 10.8. The van der Waals surface area contributed by atoms with Gasteiger partial charge in [0.1, 0.15) is 10.9 Å². The van der Waals surface area contributed by atoms with Gasteiger partial charge in [0.05, 0.1) is 0 Å². The number of aromatic nitrogens is 1. The van der Waals surface area contributed by atoms with E-state index in [4.69, 9.17) is 11.6 Å². The molecule has 0 aliphatic carbocycles. The van der Waals surface area contributed by atoms with Gasteiger partial charge in [-0.15, -0.1) is 0 Å². The normalized spacial score (nSPS) is 10.4. The standard InChI is InChI=1S/C13H9ClF2N2O2/c14-11-7-9(5-6-17-11)18-12(19)8-1-3-10(4-2-8)20-13(15)16/h1-7,13H,(H,17,18,19). The molecule has 0 radical (unpaired) electrons. The lowest BCUT2D eigenvalue weighted by molar-refractivity contribution is -0.0498. The Morgan fingerprint density at radius 3 is 2.55 bits per heavy atom. The van der Waals surface area contributed by atoms with Gasteiger partial charge in [-0.25, -0.2) is 4.98 Å². The van der Waals surface area contributed by atoms with E-state index < -0.39 is 12.5 Å². The molecule has 4 nitrogen and oxygen atoms in total. The number of nitrogens with zero attached hydrogens (tertiary/aromatic N) is 1. The van der Waals surface area contributed by atoms with Crippen LogP contribution < -0.4 is 10.1 Å². The Morgan fingerprint density at radius 1 is 1.25 bits per heavy atom. The summed E-state index contributed by atoms with van der Waals surface area (Å²) in [6.07, 6.45) is 1.46. The van der Waals surface area contributed by atoms with Gasteiger partial charge in [0.15, 0.2) is 0 Å². The van der Waals surface area contributed by atoms with E-state index in [0.29, 0.717) is 11.3 Å². The molecule has 0 atom stereocenters. The van der Waals surface area contributed by atoms with Crippen molar-refractivity contribution in [2.24, 2.45) is 0 Å². The molecule has 2 rings (SSSR count). The van der Waals surface area contributed by atoms with E-state index in [-0.39, 0.29) is 10.9 Å². The Bertz CT molecular complexity index is 606. The fraction of sp³-hybridized carbons (Fsp3) is 0.0769. The topological polar surface area (TPSA) is 51.2 Å². The van der Waals surface area contributed by atoms with Gasteiger partial charge >= 0.3 is 6.61 Å². The van der Waals surface area contributed by atoms with Crippen molar-refractivity contribution in [2.45, 2.75) is 6.61 Å². The number of nitrogens with one attached hydrogen (secondary N) is 1. The van der Waals surface area contributed by atoms with Crippen molar-refractivity contribution in [3.63, 3.8) is 0 Å². The summed E-state index contributed by atoms with van der Waals surface area (Å²) in [7, 11) is 0. The number of rotatable bonds is 4. The summed E-state index contributed by atoms with van der Waals surface area (Å²) in [5.41, 5.74) is 0.794. The van der Waals surface area contributed by atoms with Crippen LogP contribution in [0.2, 0.25) is 5.15 Å². The van der Waals surface area contributed by atoms with Gasteiger partial charge in [0.25, 0.3) is 5.91 Å². The molecule has 0 spiro atoms. The second kappa shape index (κ2) is 6.29. The van der Waals surface area contributed by atoms with Crippen LogP contribution in [0.3, 0.4) is 0 Å². The minimum Gasteiger partial charge on any atom is -0.435 e. The van der Waals surface area contributed by atoms with Crippen molar-refractivity contribution in [3.05, 3.63) is 53.3 Å². The summed E-state index contributed by atoms with van der Waals surface area (Å²) < 4.78 is 28.2. The Kier molecular flexibility index (Phi) is 4.47. The van der Waals surface area contributed by atoms with E-state index in [1.54, 1.807) is 6.07 Å². The molecule has 2 aromatic rings. The Labute approximate surface area is 118 Å². The van der Waals surface area contributed by atoms with Crippen molar-refractivity contribution in [1.29, 1.82) is 0 Å². The average Bonchev–Trinajstić information content (AvgIpc) is 2.38. The highest BCUT2D eigenvalue weighted by Gasteiger charge is 2.08. The number of carbonyl (C=O) groups is 1. The summed E-state index contributed by atoms with van der Waals surface area (Å²) in [6.45, 7) is -2.89. The SMILES string of the molecule is O=C(Nc1ccnc(Cl)c1)c1ccc(OC(F)F)cc1. The molecule has 0 unspecified atom stereocenters. The number of pyridine rings is 1. The molecule has 7 heteroatoms. The van der Waals surface area contributed by atoms with E-state index in [0.717, 1.165) is 0 Å². The highest BCUT2D eigenvalue weighted by molar-refractivity contribution is 6.29. The molecule has 0 fully saturated rings. The molecule has 0 saturated heterocycles. The van der Waals surface area contributed by atoms with E-state index >= 15 is 0 Å². The third-order valence-electron chi connectivity index (χ3n) is 2.33. The number of hydrogen-bond donors (Lipinski definition) is 1. The highest BCUT2D eigenvalue weighted by atomic mass is 35.5. The van der Waals surface area contributed by atoms with Crippen LogP contribution in [0, 0.1) is 0 Å². The largest absolute Gasteiger partial charge is 0.435 e. The van der Waals surface area contributed by atoms with Crippen molar-refractivity contribution in [2.75, 3.05) is 5.32 Å². The summed E-state index contributed by atoms with van der Waals surface area (Å²) in [5.74, 6) is -0.403. The van der Waals surface area contributed by atoms with E-state index in [1.165, 1.54) is 36.5 Å². The molecule has 20 heavy (non-hydrogen) atoms. The fourth-order valence-electron chi connectivity index (χ4n) is 1.47. The monoisotopic (exact) mass is 298 g/mol. The maximum atomic E-state index is 12.0. The Hall–Kier alpha value is -2.21. The third kappa shape index (κ3) is 3.89. The minimum atomic E-state index is -2.89. The molecule has 1 amide bonds. The second-order valence-electron chi connectivity index (χ2n) is 3.72. The first kappa shape index (κ1) is 14.2. The lowest BCUT2D eigenvalue weighted by Gasteiger charge is -2.07. The molecule has 0 saturated carbocycles. The summed E-state index contributed by atoms with van der Waals surface area (Å²) in [5, 5.41) is 2.86. The van der Waals surface area contributed by atoms with E-state index in [9.17, 15) is 13.6 Å². The minimum absolute atomic E-state index is 0.0106. The zero-order chi connectivity index (χ0) is 14.5. The van der Waals surface area contributed by atoms with Crippen LogP contribution in [-0.2, 0) is 0 Å². The quantitative estimate of drug-likeness (QED) is 0.878. The number of carbonyl (C=O) groups excluding carboxylic acids is 1. The zero-order valence-electron chi connectivity index (χ0n) is 10.0. The average molecular weight is 299 g/mol. The van der Waals surface area contributed by atoms with Crippen LogP contribution in [0.4, 0.5) is 14.5 Å². The molecule has 1 heterocycles. The summed E-state index contributed by atoms with van der Waals surface area (Å²) in [6, 6.07) is 8.43. The Balaban J connectivity index is 2.06. The molecule has 0 bridgehead atoms. The maximum absolute atomic E-state index is 12.0. The number of ether oxygens (including phenoxy) is 1. The second-order valence-corrected chi connectivity index (χ2v) is 4.11. The van der Waals surface area contributed by atoms with Crippen LogP contribution in [0.5, 0.6) is 5.75 Å². The molecule has 104 valence electrons. The predicted molar refractivity (Wildman–Crippen MR) is 70.3 cm³/mol. The molecular weight excluding hydrogens is 290 g/mol. The van der Waals surface area contributed by atoms with Crippen molar-refractivity contribution < 1.29 is 18.3 Å². The number of benzene rings is 1. The first-order valence-corrected chi connectivity index (χ1v) is 5.90. The summed E-state index contributed by atoms with van der Waals surface area (Å²) in [4.78, 5) is 15.7. The van der Waals surface area contributed by atoms with Gasteiger partial charge in [-0.05, 0) is 36.4 Å². The number of amides is 1. The highest BCUT2D eigenvalue weighted by Crippen LogP contribution is 2.17. The van der Waals surface area contributed by atoms with Gasteiger partial charge in [0.2, 0.25) is 0 Å². The van der Waals surface area contributed by atoms with E-state index in [1.807, 2.05) is 0 Å². The Morgan fingerprint density at radius 2 is 1.95 bits per heavy atom. The number of anilines is 1. The van der Waals surface area contributed by atoms with Crippen molar-refractivity contribution in [1.82, 2.24) is 4.98 Å². The van der Waals surface area contributed by atoms with Crippen molar-refractivity contribution in [3.8, 4) is 5.75 Å². The van der Waals surface area contributed by atoms with Crippen molar-refractivity contribution >= 4 is 23.2 Å². The molecule has 0 aliphatic rings. The van der Waals surface area contributed by atoms with Crippen LogP contribution in [0.25, 0.3) is 0 Å². The smallest absolute Gasteiger partial charge is 0.387 e. The number of hydrogen-bond acceptors (Lipinski definition) is 3. The predicted octanol–water partition coefficient (Wildman–Crippen LogP) is 3.59.